The number of phosphoric ester groups is 2. The Balaban J connectivity index is 4.41. The van der Waals surface area contributed by atoms with Gasteiger partial charge >= 0.3 is 33.6 Å². The van der Waals surface area contributed by atoms with Crippen LogP contribution in [0.5, 0.6) is 0 Å². The van der Waals surface area contributed by atoms with Crippen LogP contribution in [0.15, 0.2) is 109 Å². The summed E-state index contributed by atoms with van der Waals surface area (Å²) >= 11 is 0. The fourth-order valence-electron chi connectivity index (χ4n) is 10.5. The number of aliphatic hydroxyl groups is 2. The van der Waals surface area contributed by atoms with Gasteiger partial charge in [-0.05, 0) is 109 Å². The number of esters is 3. The van der Waals surface area contributed by atoms with Crippen LogP contribution in [0.3, 0.4) is 0 Å². The van der Waals surface area contributed by atoms with E-state index in [0.717, 1.165) is 128 Å². The van der Waals surface area contributed by atoms with Gasteiger partial charge in [0.2, 0.25) is 0 Å². The maximum absolute atomic E-state index is 12.9. The summed E-state index contributed by atoms with van der Waals surface area (Å²) in [5.41, 5.74) is 0. The summed E-state index contributed by atoms with van der Waals surface area (Å²) in [6.07, 6.45) is 85.8. The maximum atomic E-state index is 12.9. The maximum Gasteiger partial charge on any atom is 0.472 e. The molecule has 0 heterocycles. The fraction of sp³-hybridized carbons (Fsp3) is 0.741. The van der Waals surface area contributed by atoms with Crippen molar-refractivity contribution in [2.45, 2.75) is 347 Å². The van der Waals surface area contributed by atoms with E-state index >= 15 is 0 Å². The molecule has 0 spiro atoms. The highest BCUT2D eigenvalue weighted by Gasteiger charge is 2.29. The molecule has 18 heteroatoms. The Morgan fingerprint density at radius 2 is 0.535 bits per heavy atom. The van der Waals surface area contributed by atoms with Gasteiger partial charge in [-0.3, -0.25) is 32.5 Å². The summed E-state index contributed by atoms with van der Waals surface area (Å²) in [5, 5.41) is 20.6. The molecule has 4 N–H and O–H groups in total. The predicted octanol–water partition coefficient (Wildman–Crippen LogP) is 22.8. The third-order valence-corrected chi connectivity index (χ3v) is 18.4. The molecule has 99 heavy (non-hydrogen) atoms. The zero-order valence-electron chi connectivity index (χ0n) is 62.4. The molecule has 0 aromatic heterocycles. The van der Waals surface area contributed by atoms with Crippen LogP contribution in [0.4, 0.5) is 0 Å². The Labute approximate surface area is 602 Å². The lowest BCUT2D eigenvalue weighted by Gasteiger charge is -2.21. The zero-order valence-corrected chi connectivity index (χ0v) is 64.2. The van der Waals surface area contributed by atoms with E-state index in [0.29, 0.717) is 19.3 Å². The van der Waals surface area contributed by atoms with Crippen LogP contribution >= 0.6 is 15.6 Å². The summed E-state index contributed by atoms with van der Waals surface area (Å²) in [7, 11) is -9.78. The number of phosphoric acid groups is 2. The molecule has 0 aliphatic heterocycles. The largest absolute Gasteiger partial charge is 0.472 e. The minimum Gasteiger partial charge on any atom is -0.463 e. The molecule has 572 valence electrons. The van der Waals surface area contributed by atoms with E-state index in [9.17, 15) is 43.5 Å². The molecule has 0 aliphatic carbocycles. The molecule has 0 aromatic carbocycles. The first-order valence-corrected chi connectivity index (χ1v) is 42.2. The van der Waals surface area contributed by atoms with Crippen LogP contribution in [0.1, 0.15) is 329 Å². The molecular weight excluding hydrogens is 1290 g/mol. The number of ether oxygens (including phenoxy) is 3. The smallest absolute Gasteiger partial charge is 0.463 e. The van der Waals surface area contributed by atoms with Gasteiger partial charge in [0, 0.05) is 19.3 Å². The highest BCUT2D eigenvalue weighted by molar-refractivity contribution is 7.47. The minimum absolute atomic E-state index is 0.102. The first-order valence-electron chi connectivity index (χ1n) is 39.2. The van der Waals surface area contributed by atoms with Crippen LogP contribution in [0.25, 0.3) is 0 Å². The second kappa shape index (κ2) is 73.9. The lowest BCUT2D eigenvalue weighted by Crippen LogP contribution is -2.30. The number of hydrogen-bond acceptors (Lipinski definition) is 14. The van der Waals surface area contributed by atoms with Crippen molar-refractivity contribution in [2.75, 3.05) is 39.6 Å². The molecule has 0 fully saturated rings. The van der Waals surface area contributed by atoms with E-state index in [2.05, 4.69) is 130 Å². The van der Waals surface area contributed by atoms with Crippen molar-refractivity contribution in [3.8, 4) is 0 Å². The van der Waals surface area contributed by atoms with Gasteiger partial charge in [-0.2, -0.15) is 0 Å². The molecule has 0 amide bonds. The SMILES string of the molecule is CC/C=C\C/C=C\C/C=C\C/C=C\C/C=C\CCCCCCCCCCCCCCCCCC(=O)OCC(O)COP(=O)(O)OCC(O)COP(=O)(O)OCC(COC(=O)CCCCCCC/C=C\C/C=C\C/C=C\C/C=C\CCCCC)OC(=O)CCCCCCCCCCCCC. The Hall–Kier alpha value is -3.79. The van der Waals surface area contributed by atoms with Crippen molar-refractivity contribution in [3.05, 3.63) is 109 Å². The Bertz CT molecular complexity index is 2240. The summed E-state index contributed by atoms with van der Waals surface area (Å²) in [6.45, 7) is 2.53. The molecule has 5 atom stereocenters. The summed E-state index contributed by atoms with van der Waals surface area (Å²) < 4.78 is 61.0. The van der Waals surface area contributed by atoms with Gasteiger partial charge in [-0.1, -0.05) is 310 Å². The molecule has 0 aromatic rings. The van der Waals surface area contributed by atoms with E-state index < -0.39 is 91.5 Å². The zero-order chi connectivity index (χ0) is 72.3. The van der Waals surface area contributed by atoms with Gasteiger partial charge in [-0.25, -0.2) is 9.13 Å². The van der Waals surface area contributed by atoms with Crippen molar-refractivity contribution >= 4 is 33.6 Å². The van der Waals surface area contributed by atoms with Gasteiger partial charge in [-0.15, -0.1) is 0 Å². The molecule has 0 radical (unpaired) electrons. The topological polar surface area (TPSA) is 231 Å². The van der Waals surface area contributed by atoms with Gasteiger partial charge in [0.1, 0.15) is 25.4 Å². The number of unbranched alkanes of at least 4 members (excludes halogenated alkanes) is 33. The molecule has 0 aliphatic rings. The second-order valence-electron chi connectivity index (χ2n) is 26.1. The first kappa shape index (κ1) is 95.2. The second-order valence-corrected chi connectivity index (χ2v) is 29.0. The third-order valence-electron chi connectivity index (χ3n) is 16.5. The molecule has 16 nitrogen and oxygen atoms in total. The molecule has 5 unspecified atom stereocenters. The predicted molar refractivity (Wildman–Crippen MR) is 408 cm³/mol. The normalized spacial score (nSPS) is 14.6. The highest BCUT2D eigenvalue weighted by atomic mass is 31.2. The monoisotopic (exact) mass is 1430 g/mol. The van der Waals surface area contributed by atoms with Gasteiger partial charge in [0.15, 0.2) is 6.10 Å². The Morgan fingerprint density at radius 1 is 0.293 bits per heavy atom. The number of carbonyl (C=O) groups is 3. The van der Waals surface area contributed by atoms with Gasteiger partial charge in [0.05, 0.1) is 26.4 Å². The summed E-state index contributed by atoms with van der Waals surface area (Å²) in [6, 6.07) is 0. The molecular formula is C81H142O16P2. The lowest BCUT2D eigenvalue weighted by molar-refractivity contribution is -0.161. The lowest BCUT2D eigenvalue weighted by atomic mass is 10.0. The van der Waals surface area contributed by atoms with E-state index in [-0.39, 0.29) is 19.3 Å². The average Bonchev–Trinajstić information content (AvgIpc) is 1.22. The summed E-state index contributed by atoms with van der Waals surface area (Å²) in [4.78, 5) is 58.5. The van der Waals surface area contributed by atoms with Crippen molar-refractivity contribution in [3.63, 3.8) is 0 Å². The average molecular weight is 1430 g/mol. The Morgan fingerprint density at radius 3 is 0.869 bits per heavy atom. The van der Waals surface area contributed by atoms with E-state index in [1.54, 1.807) is 0 Å². The van der Waals surface area contributed by atoms with Gasteiger partial charge < -0.3 is 34.2 Å². The van der Waals surface area contributed by atoms with Crippen molar-refractivity contribution < 1.29 is 75.8 Å². The summed E-state index contributed by atoms with van der Waals surface area (Å²) in [5.74, 6) is -1.59. The number of allylic oxidation sites excluding steroid dienone is 18. The van der Waals surface area contributed by atoms with Crippen LogP contribution in [0.2, 0.25) is 0 Å². The number of rotatable bonds is 74. The Kier molecular flexibility index (Phi) is 71.1. The number of aliphatic hydroxyl groups excluding tert-OH is 2. The standard InChI is InChI=1S/C81H142O16P2/c1-4-7-10-13-16-19-22-24-26-28-30-32-33-34-35-36-37-38-39-40-41-43-45-46-48-50-53-55-58-61-64-67-79(84)91-70-76(82)71-93-98(87,88)94-72-77(83)73-95-99(89,90)96-75-78(97-81(86)69-66-63-60-57-52-21-18-15-12-9-6-3)74-92-80(85)68-65-62-59-56-54-51-49-47-44-42-31-29-27-25-23-20-17-14-11-8-5-2/h7,10,16-17,19-20,24-27,30-32,34-35,42,47,49,76-78,82-83H,4-6,8-9,11-15,18,21-23,28-29,33,36-41,43-46,48,50-75H2,1-3H3,(H,87,88)(H,89,90)/b10-7-,19-16-,20-17-,26-24-,27-25-,32-30-,35-34-,42-31-,49-47-. The first-order chi connectivity index (χ1) is 48.2. The highest BCUT2D eigenvalue weighted by Crippen LogP contribution is 2.45. The quantitative estimate of drug-likeness (QED) is 0.0146. The van der Waals surface area contributed by atoms with Crippen LogP contribution in [-0.2, 0) is 55.8 Å². The third kappa shape index (κ3) is 75.2. The van der Waals surface area contributed by atoms with Crippen LogP contribution < -0.4 is 0 Å². The minimum atomic E-state index is -4.93. The van der Waals surface area contributed by atoms with Crippen molar-refractivity contribution in [1.29, 1.82) is 0 Å². The van der Waals surface area contributed by atoms with Crippen LogP contribution in [-0.4, -0.2) is 95.9 Å². The number of carbonyl (C=O) groups excluding carboxylic acids is 3. The molecule has 0 rings (SSSR count). The van der Waals surface area contributed by atoms with E-state index in [1.165, 1.54) is 141 Å². The van der Waals surface area contributed by atoms with Gasteiger partial charge in [0.25, 0.3) is 0 Å². The van der Waals surface area contributed by atoms with Crippen molar-refractivity contribution in [2.24, 2.45) is 0 Å². The molecule has 0 saturated heterocycles. The van der Waals surface area contributed by atoms with Crippen molar-refractivity contribution in [1.82, 2.24) is 0 Å². The van der Waals surface area contributed by atoms with E-state index in [4.69, 9.17) is 32.3 Å². The molecule has 0 saturated carbocycles. The van der Waals surface area contributed by atoms with Crippen LogP contribution in [0, 0.1) is 0 Å². The van der Waals surface area contributed by atoms with E-state index in [1.807, 2.05) is 0 Å². The molecule has 0 bridgehead atoms. The number of hydrogen-bond donors (Lipinski definition) is 4. The fourth-order valence-corrected chi connectivity index (χ4v) is 12.1.